The van der Waals surface area contributed by atoms with Gasteiger partial charge in [0.05, 0.1) is 5.69 Å². The Morgan fingerprint density at radius 1 is 1.50 bits per heavy atom. The van der Waals surface area contributed by atoms with E-state index < -0.39 is 5.82 Å². The zero-order chi connectivity index (χ0) is 13.0. The quantitative estimate of drug-likeness (QED) is 0.886. The number of nitriles is 1. The Morgan fingerprint density at radius 2 is 2.33 bits per heavy atom. The molecule has 0 bridgehead atoms. The molecule has 0 saturated carbocycles. The van der Waals surface area contributed by atoms with Crippen LogP contribution < -0.4 is 5.32 Å². The molecule has 0 aliphatic carbocycles. The first kappa shape index (κ1) is 12.0. The summed E-state index contributed by atoms with van der Waals surface area (Å²) in [6.07, 6.45) is 2.24. The van der Waals surface area contributed by atoms with E-state index in [1.807, 2.05) is 6.07 Å². The number of rotatable bonds is 4. The van der Waals surface area contributed by atoms with Gasteiger partial charge in [-0.05, 0) is 12.1 Å². The number of aryl methyl sites for hydroxylation is 1. The van der Waals surface area contributed by atoms with Crippen molar-refractivity contribution in [1.82, 2.24) is 14.8 Å². The first-order valence-corrected chi connectivity index (χ1v) is 5.47. The summed E-state index contributed by atoms with van der Waals surface area (Å²) in [5.74, 6) is 0.193. The molecule has 0 radical (unpaired) electrons. The minimum Gasteiger partial charge on any atom is -0.383 e. The average molecular weight is 245 g/mol. The van der Waals surface area contributed by atoms with Crippen molar-refractivity contribution in [3.05, 3.63) is 41.7 Å². The van der Waals surface area contributed by atoms with Crippen LogP contribution in [0.25, 0.3) is 0 Å². The molecule has 5 nitrogen and oxygen atoms in total. The molecule has 92 valence electrons. The van der Waals surface area contributed by atoms with Crippen LogP contribution in [0.15, 0.2) is 24.5 Å². The molecule has 0 atom stereocenters. The topological polar surface area (TPSA) is 66.5 Å². The first-order chi connectivity index (χ1) is 8.70. The van der Waals surface area contributed by atoms with Crippen LogP contribution in [0.5, 0.6) is 0 Å². The molecule has 1 aromatic carbocycles. The number of anilines is 1. The van der Waals surface area contributed by atoms with Gasteiger partial charge < -0.3 is 5.32 Å². The summed E-state index contributed by atoms with van der Waals surface area (Å²) in [5.41, 5.74) is 0.528. The van der Waals surface area contributed by atoms with Gasteiger partial charge in [-0.3, -0.25) is 4.68 Å². The monoisotopic (exact) mass is 245 g/mol. The van der Waals surface area contributed by atoms with Gasteiger partial charge in [-0.15, -0.1) is 0 Å². The summed E-state index contributed by atoms with van der Waals surface area (Å²) < 4.78 is 14.9. The average Bonchev–Trinajstić information content (AvgIpc) is 2.75. The standard InChI is InChI=1S/C12H12FN5/c1-18-8-16-12(17-18)5-6-15-11-4-2-3-10(13)9(11)7-14/h2-4,8,15H,5-6H2,1H3. The maximum absolute atomic E-state index is 13.3. The van der Waals surface area contributed by atoms with Gasteiger partial charge >= 0.3 is 0 Å². The van der Waals surface area contributed by atoms with Crippen molar-refractivity contribution in [2.75, 3.05) is 11.9 Å². The van der Waals surface area contributed by atoms with Crippen LogP contribution in [0, 0.1) is 17.1 Å². The van der Waals surface area contributed by atoms with Gasteiger partial charge in [0.15, 0.2) is 5.82 Å². The van der Waals surface area contributed by atoms with Gasteiger partial charge in [0.25, 0.3) is 0 Å². The van der Waals surface area contributed by atoms with Crippen molar-refractivity contribution in [2.45, 2.75) is 6.42 Å². The van der Waals surface area contributed by atoms with Gasteiger partial charge in [-0.1, -0.05) is 6.07 Å². The fourth-order valence-electron chi connectivity index (χ4n) is 1.59. The van der Waals surface area contributed by atoms with Crippen LogP contribution in [-0.4, -0.2) is 21.3 Å². The third kappa shape index (κ3) is 2.63. The number of hydrogen-bond acceptors (Lipinski definition) is 4. The molecular weight excluding hydrogens is 233 g/mol. The van der Waals surface area contributed by atoms with E-state index in [1.165, 1.54) is 6.07 Å². The third-order valence-electron chi connectivity index (χ3n) is 2.44. The number of halogens is 1. The first-order valence-electron chi connectivity index (χ1n) is 5.47. The lowest BCUT2D eigenvalue weighted by molar-refractivity contribution is 0.624. The molecule has 6 heteroatoms. The van der Waals surface area contributed by atoms with Gasteiger partial charge in [-0.25, -0.2) is 9.37 Å². The second-order valence-electron chi connectivity index (χ2n) is 3.79. The molecule has 18 heavy (non-hydrogen) atoms. The highest BCUT2D eigenvalue weighted by molar-refractivity contribution is 5.57. The number of nitrogens with one attached hydrogen (secondary N) is 1. The van der Waals surface area contributed by atoms with Crippen molar-refractivity contribution in [2.24, 2.45) is 7.05 Å². The summed E-state index contributed by atoms with van der Waals surface area (Å²) in [4.78, 5) is 4.08. The molecule has 0 fully saturated rings. The van der Waals surface area contributed by atoms with E-state index >= 15 is 0 Å². The summed E-state index contributed by atoms with van der Waals surface area (Å²) in [6.45, 7) is 0.544. The number of hydrogen-bond donors (Lipinski definition) is 1. The summed E-state index contributed by atoms with van der Waals surface area (Å²) in [6, 6.07) is 6.35. The minimum atomic E-state index is -0.515. The van der Waals surface area contributed by atoms with E-state index in [2.05, 4.69) is 15.4 Å². The van der Waals surface area contributed by atoms with Crippen LogP contribution in [0.1, 0.15) is 11.4 Å². The molecule has 0 aliphatic heterocycles. The Kier molecular flexibility index (Phi) is 3.53. The zero-order valence-corrected chi connectivity index (χ0v) is 9.89. The lowest BCUT2D eigenvalue weighted by atomic mass is 10.2. The van der Waals surface area contributed by atoms with Gasteiger partial charge in [0.1, 0.15) is 23.8 Å². The normalized spacial score (nSPS) is 10.1. The SMILES string of the molecule is Cn1cnc(CCNc2cccc(F)c2C#N)n1. The van der Waals surface area contributed by atoms with Crippen LogP contribution in [0.4, 0.5) is 10.1 Å². The van der Waals surface area contributed by atoms with E-state index in [0.29, 0.717) is 24.5 Å². The molecule has 2 rings (SSSR count). The molecule has 2 aromatic rings. The van der Waals surface area contributed by atoms with Gasteiger partial charge in [0.2, 0.25) is 0 Å². The molecule has 0 aliphatic rings. The summed E-state index contributed by atoms with van der Waals surface area (Å²) in [5, 5.41) is 16.0. The highest BCUT2D eigenvalue weighted by Crippen LogP contribution is 2.17. The Morgan fingerprint density at radius 3 is 3.00 bits per heavy atom. The van der Waals surface area contributed by atoms with Crippen molar-refractivity contribution in [3.8, 4) is 6.07 Å². The fourth-order valence-corrected chi connectivity index (χ4v) is 1.59. The smallest absolute Gasteiger partial charge is 0.152 e. The summed E-state index contributed by atoms with van der Waals surface area (Å²) >= 11 is 0. The number of aromatic nitrogens is 3. The Hall–Kier alpha value is -2.42. The van der Waals surface area contributed by atoms with Crippen LogP contribution in [0.2, 0.25) is 0 Å². The zero-order valence-electron chi connectivity index (χ0n) is 9.89. The Balaban J connectivity index is 1.99. The lowest BCUT2D eigenvalue weighted by Gasteiger charge is -2.07. The Bertz CT molecular complexity index is 584. The number of benzene rings is 1. The van der Waals surface area contributed by atoms with E-state index in [1.54, 1.807) is 30.2 Å². The minimum absolute atomic E-state index is 0.0338. The van der Waals surface area contributed by atoms with Crippen LogP contribution in [0.3, 0.4) is 0 Å². The van der Waals surface area contributed by atoms with Crippen molar-refractivity contribution >= 4 is 5.69 Å². The van der Waals surface area contributed by atoms with Gasteiger partial charge in [-0.2, -0.15) is 10.4 Å². The predicted molar refractivity (Wildman–Crippen MR) is 64.3 cm³/mol. The summed E-state index contributed by atoms with van der Waals surface area (Å²) in [7, 11) is 1.80. The fraction of sp³-hybridized carbons (Fsp3) is 0.250. The maximum Gasteiger partial charge on any atom is 0.152 e. The molecule has 0 amide bonds. The Labute approximate surface area is 104 Å². The molecule has 1 heterocycles. The second kappa shape index (κ2) is 5.27. The number of nitrogens with zero attached hydrogens (tertiary/aromatic N) is 4. The van der Waals surface area contributed by atoms with Crippen molar-refractivity contribution < 1.29 is 4.39 Å². The highest BCUT2D eigenvalue weighted by Gasteiger charge is 2.07. The second-order valence-corrected chi connectivity index (χ2v) is 3.79. The van der Waals surface area contributed by atoms with Crippen molar-refractivity contribution in [1.29, 1.82) is 5.26 Å². The molecule has 1 aromatic heterocycles. The highest BCUT2D eigenvalue weighted by atomic mass is 19.1. The van der Waals surface area contributed by atoms with Crippen LogP contribution in [-0.2, 0) is 13.5 Å². The molecular formula is C12H12FN5. The lowest BCUT2D eigenvalue weighted by Crippen LogP contribution is -2.08. The van der Waals surface area contributed by atoms with Gasteiger partial charge in [0, 0.05) is 20.0 Å². The van der Waals surface area contributed by atoms with Crippen LogP contribution >= 0.6 is 0 Å². The van der Waals surface area contributed by atoms with E-state index in [4.69, 9.17) is 5.26 Å². The molecule has 0 saturated heterocycles. The molecule has 1 N–H and O–H groups in total. The van der Waals surface area contributed by atoms with E-state index in [-0.39, 0.29) is 5.56 Å². The molecule has 0 unspecified atom stereocenters. The van der Waals surface area contributed by atoms with E-state index in [9.17, 15) is 4.39 Å². The predicted octanol–water partition coefficient (Wildman–Crippen LogP) is 1.48. The maximum atomic E-state index is 13.3. The largest absolute Gasteiger partial charge is 0.383 e. The van der Waals surface area contributed by atoms with E-state index in [0.717, 1.165) is 0 Å². The molecule has 0 spiro atoms. The third-order valence-corrected chi connectivity index (χ3v) is 2.44. The van der Waals surface area contributed by atoms with Crippen molar-refractivity contribution in [3.63, 3.8) is 0 Å².